The second-order valence-electron chi connectivity index (χ2n) is 7.73. The van der Waals surface area contributed by atoms with Crippen molar-refractivity contribution in [1.29, 1.82) is 0 Å². The first-order valence-corrected chi connectivity index (χ1v) is 10.9. The van der Waals surface area contributed by atoms with E-state index in [2.05, 4.69) is 4.90 Å². The van der Waals surface area contributed by atoms with E-state index in [9.17, 15) is 8.42 Å². The SMILES string of the molecule is Cc1ccccc1S(=O)(=O)N1CC(N(CC2CC2)C2CCOCC2)C1. The molecule has 5 nitrogen and oxygen atoms in total. The van der Waals surface area contributed by atoms with Crippen LogP contribution < -0.4 is 0 Å². The Morgan fingerprint density at radius 1 is 1.08 bits per heavy atom. The lowest BCUT2D eigenvalue weighted by molar-refractivity contribution is -0.0126. The Kier molecular flexibility index (Phi) is 4.88. The quantitative estimate of drug-likeness (QED) is 0.777. The number of ether oxygens (including phenoxy) is 1. The highest BCUT2D eigenvalue weighted by Gasteiger charge is 2.43. The van der Waals surface area contributed by atoms with Crippen molar-refractivity contribution in [2.24, 2.45) is 5.92 Å². The van der Waals surface area contributed by atoms with Crippen LogP contribution in [0.5, 0.6) is 0 Å². The molecule has 0 amide bonds. The maximum absolute atomic E-state index is 12.9. The highest BCUT2D eigenvalue weighted by atomic mass is 32.2. The lowest BCUT2D eigenvalue weighted by atomic mass is 10.0. The summed E-state index contributed by atoms with van der Waals surface area (Å²) in [6.07, 6.45) is 4.82. The second-order valence-corrected chi connectivity index (χ2v) is 9.63. The van der Waals surface area contributed by atoms with Gasteiger partial charge in [-0.25, -0.2) is 8.42 Å². The molecule has 0 atom stereocenters. The van der Waals surface area contributed by atoms with Gasteiger partial charge in [-0.15, -0.1) is 0 Å². The molecule has 0 aromatic heterocycles. The average molecular weight is 365 g/mol. The summed E-state index contributed by atoms with van der Waals surface area (Å²) in [5.74, 6) is 0.824. The van der Waals surface area contributed by atoms with Gasteiger partial charge in [-0.3, -0.25) is 4.90 Å². The summed E-state index contributed by atoms with van der Waals surface area (Å²) in [5.41, 5.74) is 0.824. The lowest BCUT2D eigenvalue weighted by Gasteiger charge is -2.48. The molecule has 0 unspecified atom stereocenters. The smallest absolute Gasteiger partial charge is 0.243 e. The Morgan fingerprint density at radius 2 is 1.76 bits per heavy atom. The molecule has 3 aliphatic rings. The van der Waals surface area contributed by atoms with Crippen molar-refractivity contribution in [2.75, 3.05) is 32.8 Å². The van der Waals surface area contributed by atoms with Gasteiger partial charge >= 0.3 is 0 Å². The molecular formula is C19H28N2O3S. The zero-order chi connectivity index (χ0) is 17.4. The number of hydrogen-bond donors (Lipinski definition) is 0. The van der Waals surface area contributed by atoms with Gasteiger partial charge in [0.2, 0.25) is 10.0 Å². The van der Waals surface area contributed by atoms with Crippen molar-refractivity contribution in [3.05, 3.63) is 29.8 Å². The molecule has 0 bridgehead atoms. The molecular weight excluding hydrogens is 336 g/mol. The molecule has 1 aromatic carbocycles. The Balaban J connectivity index is 1.44. The summed E-state index contributed by atoms with van der Waals surface area (Å²) in [6.45, 7) is 5.92. The van der Waals surface area contributed by atoms with E-state index in [4.69, 9.17) is 4.74 Å². The number of aryl methyl sites for hydroxylation is 1. The molecule has 3 fully saturated rings. The maximum atomic E-state index is 12.9. The fourth-order valence-electron chi connectivity index (χ4n) is 4.02. The van der Waals surface area contributed by atoms with Crippen LogP contribution >= 0.6 is 0 Å². The molecule has 1 aromatic rings. The van der Waals surface area contributed by atoms with E-state index in [0.29, 0.717) is 30.1 Å². The van der Waals surface area contributed by atoms with Crippen molar-refractivity contribution in [2.45, 2.75) is 49.6 Å². The molecule has 6 heteroatoms. The molecule has 2 heterocycles. The Bertz CT molecular complexity index is 705. The van der Waals surface area contributed by atoms with Crippen LogP contribution in [0.4, 0.5) is 0 Å². The summed E-state index contributed by atoms with van der Waals surface area (Å²) in [5, 5.41) is 0. The van der Waals surface area contributed by atoms with Gasteiger partial charge in [0.25, 0.3) is 0 Å². The highest BCUT2D eigenvalue weighted by molar-refractivity contribution is 7.89. The molecule has 2 saturated heterocycles. The first kappa shape index (κ1) is 17.5. The summed E-state index contributed by atoms with van der Waals surface area (Å²) < 4.78 is 33.0. The van der Waals surface area contributed by atoms with Crippen LogP contribution in [0.25, 0.3) is 0 Å². The standard InChI is InChI=1S/C19H28N2O3S/c1-15-4-2-3-5-19(15)25(22,23)20-13-18(14-20)21(12-16-6-7-16)17-8-10-24-11-9-17/h2-5,16-18H,6-14H2,1H3. The van der Waals surface area contributed by atoms with Gasteiger partial charge in [0.05, 0.1) is 4.90 Å². The van der Waals surface area contributed by atoms with Crippen LogP contribution in [0.1, 0.15) is 31.2 Å². The van der Waals surface area contributed by atoms with Gasteiger partial charge in [-0.2, -0.15) is 4.31 Å². The number of benzene rings is 1. The Hall–Kier alpha value is -0.950. The van der Waals surface area contributed by atoms with E-state index in [0.717, 1.165) is 44.1 Å². The largest absolute Gasteiger partial charge is 0.381 e. The summed E-state index contributed by atoms with van der Waals surface area (Å²) in [6, 6.07) is 8.20. The van der Waals surface area contributed by atoms with Gasteiger partial charge in [-0.05, 0) is 50.2 Å². The number of sulfonamides is 1. The maximum Gasteiger partial charge on any atom is 0.243 e. The van der Waals surface area contributed by atoms with E-state index >= 15 is 0 Å². The summed E-state index contributed by atoms with van der Waals surface area (Å²) >= 11 is 0. The first-order chi connectivity index (χ1) is 12.1. The first-order valence-electron chi connectivity index (χ1n) is 9.45. The molecule has 25 heavy (non-hydrogen) atoms. The molecule has 138 valence electrons. The monoisotopic (exact) mass is 364 g/mol. The van der Waals surface area contributed by atoms with Crippen LogP contribution in [0.2, 0.25) is 0 Å². The zero-order valence-corrected chi connectivity index (χ0v) is 15.7. The molecule has 0 N–H and O–H groups in total. The van der Waals surface area contributed by atoms with Gasteiger partial charge in [-0.1, -0.05) is 18.2 Å². The van der Waals surface area contributed by atoms with Crippen LogP contribution in [-0.2, 0) is 14.8 Å². The van der Waals surface area contributed by atoms with Gasteiger partial charge in [0.1, 0.15) is 0 Å². The molecule has 1 saturated carbocycles. The van der Waals surface area contributed by atoms with E-state index in [1.54, 1.807) is 16.4 Å². The van der Waals surface area contributed by atoms with Crippen LogP contribution in [0, 0.1) is 12.8 Å². The predicted octanol–water partition coefficient (Wildman–Crippen LogP) is 2.26. The molecule has 0 radical (unpaired) electrons. The minimum Gasteiger partial charge on any atom is -0.381 e. The van der Waals surface area contributed by atoms with E-state index in [1.807, 2.05) is 19.1 Å². The minimum absolute atomic E-state index is 0.363. The third-order valence-corrected chi connectivity index (χ3v) is 7.83. The average Bonchev–Trinajstić information content (AvgIpc) is 3.37. The van der Waals surface area contributed by atoms with Gasteiger partial charge < -0.3 is 4.74 Å². The lowest BCUT2D eigenvalue weighted by Crippen LogP contribution is -2.63. The Labute approximate surface area is 151 Å². The van der Waals surface area contributed by atoms with Gasteiger partial charge in [0.15, 0.2) is 0 Å². The van der Waals surface area contributed by atoms with Crippen molar-refractivity contribution in [1.82, 2.24) is 9.21 Å². The Morgan fingerprint density at radius 3 is 2.40 bits per heavy atom. The van der Waals surface area contributed by atoms with E-state index in [1.165, 1.54) is 12.8 Å². The predicted molar refractivity (Wildman–Crippen MR) is 97.0 cm³/mol. The number of rotatable bonds is 6. The fraction of sp³-hybridized carbons (Fsp3) is 0.684. The zero-order valence-electron chi connectivity index (χ0n) is 14.9. The van der Waals surface area contributed by atoms with Crippen molar-refractivity contribution in [3.8, 4) is 0 Å². The number of nitrogens with zero attached hydrogens (tertiary/aromatic N) is 2. The van der Waals surface area contributed by atoms with Crippen LogP contribution in [-0.4, -0.2) is 62.6 Å². The third kappa shape index (κ3) is 3.63. The molecule has 0 spiro atoms. The van der Waals surface area contributed by atoms with Crippen molar-refractivity contribution >= 4 is 10.0 Å². The fourth-order valence-corrected chi connectivity index (χ4v) is 5.76. The van der Waals surface area contributed by atoms with Crippen molar-refractivity contribution in [3.63, 3.8) is 0 Å². The summed E-state index contributed by atoms with van der Waals surface area (Å²) in [4.78, 5) is 3.05. The van der Waals surface area contributed by atoms with Crippen LogP contribution in [0.3, 0.4) is 0 Å². The summed E-state index contributed by atoms with van der Waals surface area (Å²) in [7, 11) is -3.36. The highest BCUT2D eigenvalue weighted by Crippen LogP contribution is 2.35. The normalized spacial score (nSPS) is 23.8. The molecule has 4 rings (SSSR count). The second kappa shape index (κ2) is 6.99. The molecule has 1 aliphatic carbocycles. The molecule has 2 aliphatic heterocycles. The van der Waals surface area contributed by atoms with Crippen LogP contribution in [0.15, 0.2) is 29.2 Å². The van der Waals surface area contributed by atoms with Gasteiger partial charge in [0, 0.05) is 44.9 Å². The minimum atomic E-state index is -3.36. The third-order valence-electron chi connectivity index (χ3n) is 5.83. The number of hydrogen-bond acceptors (Lipinski definition) is 4. The van der Waals surface area contributed by atoms with Crippen molar-refractivity contribution < 1.29 is 13.2 Å². The topological polar surface area (TPSA) is 49.9 Å². The van der Waals surface area contributed by atoms with E-state index < -0.39 is 10.0 Å². The van der Waals surface area contributed by atoms with E-state index in [-0.39, 0.29) is 0 Å².